The zero-order chi connectivity index (χ0) is 10.4. The third kappa shape index (κ3) is 22.5. The molecule has 0 aromatic heterocycles. The number of rotatable bonds is 4. The molecule has 0 radical (unpaired) electrons. The number of hydrogen-bond donors (Lipinski definition) is 0. The highest BCUT2D eigenvalue weighted by Crippen LogP contribution is 2.03. The van der Waals surface area contributed by atoms with E-state index in [0.717, 1.165) is 6.71 Å². The van der Waals surface area contributed by atoms with Gasteiger partial charge in [-0.25, -0.2) is 0 Å². The summed E-state index contributed by atoms with van der Waals surface area (Å²) < 4.78 is 0. The predicted octanol–water partition coefficient (Wildman–Crippen LogP) is 4.98. The van der Waals surface area contributed by atoms with Gasteiger partial charge in [0.25, 0.3) is 0 Å². The first-order valence-electron chi connectivity index (χ1n) is 5.81. The van der Waals surface area contributed by atoms with Gasteiger partial charge in [-0.3, -0.25) is 0 Å². The van der Waals surface area contributed by atoms with Crippen LogP contribution in [0, 0.1) is 0 Å². The van der Waals surface area contributed by atoms with Crippen LogP contribution in [0.25, 0.3) is 0 Å². The first-order valence-corrected chi connectivity index (χ1v) is 5.81. The molecule has 0 aromatic carbocycles. The first-order chi connectivity index (χ1) is 5.81. The molecule has 76 valence electrons. The van der Waals surface area contributed by atoms with E-state index in [9.17, 15) is 0 Å². The average Bonchev–Trinajstić information content (AvgIpc) is 2.20. The third-order valence-corrected chi connectivity index (χ3v) is 1.75. The van der Waals surface area contributed by atoms with Crippen molar-refractivity contribution in [3.8, 4) is 0 Å². The van der Waals surface area contributed by atoms with Crippen LogP contribution in [0.5, 0.6) is 0 Å². The first kappa shape index (κ1) is 18.0. The summed E-state index contributed by atoms with van der Waals surface area (Å²) >= 11 is 0. The van der Waals surface area contributed by atoms with E-state index in [1.165, 1.54) is 25.5 Å². The van der Waals surface area contributed by atoms with E-state index in [0.29, 0.717) is 0 Å². The van der Waals surface area contributed by atoms with Gasteiger partial charge >= 0.3 is 0 Å². The van der Waals surface area contributed by atoms with Gasteiger partial charge < -0.3 is 0 Å². The molecule has 0 nitrogen and oxygen atoms in total. The molecule has 0 unspecified atom stereocenters. The maximum absolute atomic E-state index is 2.33. The molecule has 12 heavy (non-hydrogen) atoms. The Morgan fingerprint density at radius 2 is 1.33 bits per heavy atom. The summed E-state index contributed by atoms with van der Waals surface area (Å²) in [6.45, 7) is 15.8. The molecule has 0 saturated carbocycles. The van der Waals surface area contributed by atoms with Crippen molar-refractivity contribution in [2.24, 2.45) is 0 Å². The van der Waals surface area contributed by atoms with Crippen molar-refractivity contribution in [3.63, 3.8) is 0 Å². The van der Waals surface area contributed by atoms with Crippen molar-refractivity contribution < 1.29 is 0 Å². The smallest absolute Gasteiger partial charge is 0.0861 e. The Bertz CT molecular complexity index is 44.3. The second-order valence-electron chi connectivity index (χ2n) is 2.66. The summed E-state index contributed by atoms with van der Waals surface area (Å²) in [5.41, 5.74) is 0. The highest BCUT2D eigenvalue weighted by molar-refractivity contribution is 6.57. The SMILES string of the molecule is CC.CC.CCCCB(C)CC. The van der Waals surface area contributed by atoms with Gasteiger partial charge in [0.2, 0.25) is 0 Å². The third-order valence-electron chi connectivity index (χ3n) is 1.75. The largest absolute Gasteiger partial charge is 0.136 e. The average molecular weight is 172 g/mol. The lowest BCUT2D eigenvalue weighted by Crippen LogP contribution is -2.02. The molecule has 0 heterocycles. The van der Waals surface area contributed by atoms with Crippen molar-refractivity contribution in [1.29, 1.82) is 0 Å². The van der Waals surface area contributed by atoms with Gasteiger partial charge in [0.05, 0.1) is 0 Å². The lowest BCUT2D eigenvalue weighted by molar-refractivity contribution is 0.872. The van der Waals surface area contributed by atoms with E-state index in [2.05, 4.69) is 20.7 Å². The predicted molar refractivity (Wildman–Crippen MR) is 64.5 cm³/mol. The van der Waals surface area contributed by atoms with E-state index in [4.69, 9.17) is 0 Å². The second-order valence-corrected chi connectivity index (χ2v) is 2.66. The fraction of sp³-hybridized carbons (Fsp3) is 1.00. The van der Waals surface area contributed by atoms with Crippen LogP contribution in [0.1, 0.15) is 54.4 Å². The van der Waals surface area contributed by atoms with E-state index in [1.807, 2.05) is 27.7 Å². The highest BCUT2D eigenvalue weighted by Gasteiger charge is 1.99. The normalized spacial score (nSPS) is 7.25. The molecule has 0 spiro atoms. The number of unbranched alkanes of at least 4 members (excludes halogenated alkanes) is 1. The molecule has 0 amide bonds. The van der Waals surface area contributed by atoms with Gasteiger partial charge in [0.15, 0.2) is 0 Å². The van der Waals surface area contributed by atoms with Crippen LogP contribution < -0.4 is 0 Å². The van der Waals surface area contributed by atoms with Gasteiger partial charge in [0.1, 0.15) is 6.71 Å². The number of hydrogen-bond acceptors (Lipinski definition) is 0. The summed E-state index contributed by atoms with van der Waals surface area (Å²) in [5.74, 6) is 0. The van der Waals surface area contributed by atoms with Crippen LogP contribution >= 0.6 is 0 Å². The lowest BCUT2D eigenvalue weighted by atomic mass is 9.47. The van der Waals surface area contributed by atoms with Crippen molar-refractivity contribution in [2.45, 2.75) is 73.8 Å². The molecule has 0 rings (SSSR count). The van der Waals surface area contributed by atoms with Crippen molar-refractivity contribution in [2.75, 3.05) is 0 Å². The fourth-order valence-corrected chi connectivity index (χ4v) is 0.757. The molecule has 0 atom stereocenters. The molecular weight excluding hydrogens is 143 g/mol. The Morgan fingerprint density at radius 3 is 1.58 bits per heavy atom. The Balaban J connectivity index is -0.000000175. The van der Waals surface area contributed by atoms with Crippen LogP contribution in [0.3, 0.4) is 0 Å². The molecule has 0 bridgehead atoms. The Kier molecular flexibility index (Phi) is 33.6. The van der Waals surface area contributed by atoms with Gasteiger partial charge in [-0.05, 0) is 0 Å². The Labute approximate surface area is 81.2 Å². The topological polar surface area (TPSA) is 0 Å². The van der Waals surface area contributed by atoms with Gasteiger partial charge in [0, 0.05) is 0 Å². The van der Waals surface area contributed by atoms with E-state index in [-0.39, 0.29) is 0 Å². The van der Waals surface area contributed by atoms with Crippen molar-refractivity contribution in [1.82, 2.24) is 0 Å². The summed E-state index contributed by atoms with van der Waals surface area (Å²) in [4.78, 5) is 0. The quantitative estimate of drug-likeness (QED) is 0.524. The Hall–Kier alpha value is 0.0649. The minimum absolute atomic E-state index is 0.954. The highest BCUT2D eigenvalue weighted by atomic mass is 13.8. The molecule has 0 aromatic rings. The zero-order valence-electron chi connectivity index (χ0n) is 10.4. The van der Waals surface area contributed by atoms with Crippen LogP contribution in [-0.4, -0.2) is 6.71 Å². The molecule has 0 fully saturated rings. The van der Waals surface area contributed by atoms with E-state index >= 15 is 0 Å². The summed E-state index contributed by atoms with van der Waals surface area (Å²) in [6, 6.07) is 0. The zero-order valence-corrected chi connectivity index (χ0v) is 10.4. The van der Waals surface area contributed by atoms with Gasteiger partial charge in [-0.15, -0.1) is 0 Å². The standard InChI is InChI=1S/C7H17B.2C2H6/c1-4-6-7-8(3)5-2;2*1-2/h4-7H2,1-3H3;2*1-2H3. The van der Waals surface area contributed by atoms with Gasteiger partial charge in [-0.2, -0.15) is 0 Å². The van der Waals surface area contributed by atoms with Crippen LogP contribution in [0.4, 0.5) is 0 Å². The molecular formula is C11H29B. The van der Waals surface area contributed by atoms with E-state index in [1.54, 1.807) is 0 Å². The molecule has 0 saturated heterocycles. The fourth-order valence-electron chi connectivity index (χ4n) is 0.757. The molecule has 0 N–H and O–H groups in total. The summed E-state index contributed by atoms with van der Waals surface area (Å²) in [7, 11) is 0. The molecule has 0 aliphatic heterocycles. The maximum atomic E-state index is 2.33. The van der Waals surface area contributed by atoms with Crippen molar-refractivity contribution >= 4 is 6.71 Å². The lowest BCUT2D eigenvalue weighted by Gasteiger charge is -2.00. The van der Waals surface area contributed by atoms with E-state index < -0.39 is 0 Å². The van der Waals surface area contributed by atoms with Crippen molar-refractivity contribution in [3.05, 3.63) is 0 Å². The summed E-state index contributed by atoms with van der Waals surface area (Å²) in [5, 5.41) is 0. The van der Waals surface area contributed by atoms with Gasteiger partial charge in [-0.1, -0.05) is 73.8 Å². The Morgan fingerprint density at radius 1 is 0.917 bits per heavy atom. The molecule has 0 aliphatic rings. The monoisotopic (exact) mass is 172 g/mol. The minimum Gasteiger partial charge on any atom is -0.0861 e. The van der Waals surface area contributed by atoms with Crippen LogP contribution in [0.15, 0.2) is 0 Å². The van der Waals surface area contributed by atoms with Crippen LogP contribution in [0.2, 0.25) is 19.5 Å². The maximum Gasteiger partial charge on any atom is 0.136 e. The van der Waals surface area contributed by atoms with Crippen LogP contribution in [-0.2, 0) is 0 Å². The molecule has 0 aliphatic carbocycles. The molecule has 1 heteroatoms. The minimum atomic E-state index is 0.954. The summed E-state index contributed by atoms with van der Waals surface area (Å²) in [6.07, 6.45) is 5.53. The second kappa shape index (κ2) is 22.5.